The van der Waals surface area contributed by atoms with Crippen molar-refractivity contribution in [2.75, 3.05) is 13.1 Å². The molecule has 0 aliphatic rings. The Labute approximate surface area is 157 Å². The molecule has 0 saturated heterocycles. The number of hydrogen-bond acceptors (Lipinski definition) is 4. The maximum absolute atomic E-state index is 5.95. The molecule has 2 N–H and O–H groups in total. The van der Waals surface area contributed by atoms with Gasteiger partial charge < -0.3 is 15.2 Å². The Hall–Kier alpha value is -1.61. The highest BCUT2D eigenvalue weighted by molar-refractivity contribution is 14.0. The molecular formula is C15H19ClIN5O. The van der Waals surface area contributed by atoms with Gasteiger partial charge in [0.2, 0.25) is 11.7 Å². The number of nitrogens with one attached hydrogen (secondary N) is 2. The molecule has 6 nitrogen and oxygen atoms in total. The van der Waals surface area contributed by atoms with Gasteiger partial charge in [-0.05, 0) is 19.1 Å². The highest BCUT2D eigenvalue weighted by Gasteiger charge is 2.08. The van der Waals surface area contributed by atoms with Crippen molar-refractivity contribution in [1.29, 1.82) is 0 Å². The molecule has 0 atom stereocenters. The predicted molar refractivity (Wildman–Crippen MR) is 103 cm³/mol. The van der Waals surface area contributed by atoms with Crippen molar-refractivity contribution in [2.45, 2.75) is 13.5 Å². The second-order valence-corrected chi connectivity index (χ2v) is 4.82. The molecule has 0 radical (unpaired) electrons. The van der Waals surface area contributed by atoms with Crippen molar-refractivity contribution >= 4 is 41.5 Å². The monoisotopic (exact) mass is 447 g/mol. The number of aliphatic imine (C=N–C) groups is 1. The molecule has 1 aromatic carbocycles. The van der Waals surface area contributed by atoms with E-state index in [0.29, 0.717) is 35.8 Å². The van der Waals surface area contributed by atoms with E-state index in [4.69, 9.17) is 16.1 Å². The van der Waals surface area contributed by atoms with Crippen molar-refractivity contribution in [1.82, 2.24) is 20.8 Å². The van der Waals surface area contributed by atoms with Crippen molar-refractivity contribution in [2.24, 2.45) is 4.99 Å². The fourth-order valence-electron chi connectivity index (χ4n) is 1.72. The molecule has 124 valence electrons. The van der Waals surface area contributed by atoms with E-state index in [1.807, 2.05) is 19.1 Å². The molecule has 0 spiro atoms. The zero-order valence-corrected chi connectivity index (χ0v) is 15.8. The quantitative estimate of drug-likeness (QED) is 0.308. The summed E-state index contributed by atoms with van der Waals surface area (Å²) in [4.78, 5) is 8.68. The van der Waals surface area contributed by atoms with Crippen LogP contribution in [0.2, 0.25) is 5.02 Å². The van der Waals surface area contributed by atoms with Crippen LogP contribution < -0.4 is 10.6 Å². The molecule has 0 aliphatic heterocycles. The third kappa shape index (κ3) is 6.19. The van der Waals surface area contributed by atoms with E-state index in [9.17, 15) is 0 Å². The number of guanidine groups is 1. The molecular weight excluding hydrogens is 429 g/mol. The van der Waals surface area contributed by atoms with Crippen LogP contribution in [0.25, 0.3) is 11.4 Å². The average Bonchev–Trinajstić information content (AvgIpc) is 2.99. The van der Waals surface area contributed by atoms with Crippen LogP contribution >= 0.6 is 35.6 Å². The molecule has 1 aromatic heterocycles. The SMILES string of the molecule is C=CCNC(=NCc1nc(-c2cccc(Cl)c2)no1)NCC.I. The van der Waals surface area contributed by atoms with Gasteiger partial charge in [0, 0.05) is 23.7 Å². The van der Waals surface area contributed by atoms with Crippen LogP contribution in [0.3, 0.4) is 0 Å². The van der Waals surface area contributed by atoms with Gasteiger partial charge in [-0.1, -0.05) is 35.0 Å². The number of nitrogens with zero attached hydrogens (tertiary/aromatic N) is 3. The number of halogens is 2. The minimum absolute atomic E-state index is 0. The molecule has 2 aromatic rings. The minimum Gasteiger partial charge on any atom is -0.357 e. The van der Waals surface area contributed by atoms with Gasteiger partial charge >= 0.3 is 0 Å². The molecule has 0 unspecified atom stereocenters. The summed E-state index contributed by atoms with van der Waals surface area (Å²) in [6.07, 6.45) is 1.76. The molecule has 0 bridgehead atoms. The van der Waals surface area contributed by atoms with Gasteiger partial charge in [0.25, 0.3) is 0 Å². The molecule has 0 amide bonds. The minimum atomic E-state index is 0. The summed E-state index contributed by atoms with van der Waals surface area (Å²) in [6, 6.07) is 7.30. The number of benzene rings is 1. The Balaban J connectivity index is 0.00000264. The van der Waals surface area contributed by atoms with E-state index in [2.05, 4.69) is 32.3 Å². The van der Waals surface area contributed by atoms with Crippen molar-refractivity contribution < 1.29 is 4.52 Å². The van der Waals surface area contributed by atoms with E-state index in [-0.39, 0.29) is 24.0 Å². The van der Waals surface area contributed by atoms with Crippen LogP contribution in [0.4, 0.5) is 0 Å². The van der Waals surface area contributed by atoms with Crippen LogP contribution in [-0.2, 0) is 6.54 Å². The zero-order valence-electron chi connectivity index (χ0n) is 12.8. The first-order valence-corrected chi connectivity index (χ1v) is 7.32. The van der Waals surface area contributed by atoms with Gasteiger partial charge in [0.1, 0.15) is 6.54 Å². The maximum Gasteiger partial charge on any atom is 0.248 e. The predicted octanol–water partition coefficient (Wildman–Crippen LogP) is 3.25. The highest BCUT2D eigenvalue weighted by Crippen LogP contribution is 2.19. The summed E-state index contributed by atoms with van der Waals surface area (Å²) in [7, 11) is 0. The van der Waals surface area contributed by atoms with Gasteiger partial charge in [-0.15, -0.1) is 30.6 Å². The summed E-state index contributed by atoms with van der Waals surface area (Å²) < 4.78 is 5.20. The Morgan fingerprint density at radius 3 is 2.96 bits per heavy atom. The van der Waals surface area contributed by atoms with E-state index in [0.717, 1.165) is 12.1 Å². The first-order chi connectivity index (χ1) is 10.7. The third-order valence-electron chi connectivity index (χ3n) is 2.68. The van der Waals surface area contributed by atoms with Crippen LogP contribution in [0.15, 0.2) is 46.4 Å². The van der Waals surface area contributed by atoms with Gasteiger partial charge in [-0.25, -0.2) is 4.99 Å². The molecule has 8 heteroatoms. The molecule has 23 heavy (non-hydrogen) atoms. The Kier molecular flexibility index (Phi) is 8.64. The number of hydrogen-bond donors (Lipinski definition) is 2. The second-order valence-electron chi connectivity index (χ2n) is 4.39. The van der Waals surface area contributed by atoms with E-state index >= 15 is 0 Å². The van der Waals surface area contributed by atoms with Gasteiger partial charge in [0.05, 0.1) is 0 Å². The average molecular weight is 448 g/mol. The topological polar surface area (TPSA) is 75.3 Å². The van der Waals surface area contributed by atoms with E-state index < -0.39 is 0 Å². The summed E-state index contributed by atoms with van der Waals surface area (Å²) >= 11 is 5.95. The van der Waals surface area contributed by atoms with Gasteiger partial charge in [-0.2, -0.15) is 4.98 Å². The standard InChI is InChI=1S/C15H18ClN5O.HI/c1-3-8-18-15(17-4-2)19-10-13-20-14(21-22-13)11-6-5-7-12(16)9-11;/h3,5-7,9H,1,4,8,10H2,2H3,(H2,17,18,19);1H. The molecule has 0 fully saturated rings. The lowest BCUT2D eigenvalue weighted by Crippen LogP contribution is -2.37. The summed E-state index contributed by atoms with van der Waals surface area (Å²) in [6.45, 7) is 7.34. The highest BCUT2D eigenvalue weighted by atomic mass is 127. The van der Waals surface area contributed by atoms with Gasteiger partial charge in [-0.3, -0.25) is 0 Å². The van der Waals surface area contributed by atoms with E-state index in [1.54, 1.807) is 18.2 Å². The van der Waals surface area contributed by atoms with Crippen LogP contribution in [0.5, 0.6) is 0 Å². The molecule has 2 rings (SSSR count). The normalized spacial score (nSPS) is 10.8. The molecule has 0 saturated carbocycles. The first kappa shape index (κ1) is 19.4. The summed E-state index contributed by atoms with van der Waals surface area (Å²) in [5, 5.41) is 10.8. The van der Waals surface area contributed by atoms with Gasteiger partial charge in [0.15, 0.2) is 5.96 Å². The Bertz CT molecular complexity index is 659. The fourth-order valence-corrected chi connectivity index (χ4v) is 1.91. The summed E-state index contributed by atoms with van der Waals surface area (Å²) in [5.74, 6) is 1.60. The largest absolute Gasteiger partial charge is 0.357 e. The molecule has 0 aliphatic carbocycles. The van der Waals surface area contributed by atoms with Crippen LogP contribution in [-0.4, -0.2) is 29.2 Å². The third-order valence-corrected chi connectivity index (χ3v) is 2.92. The lowest BCUT2D eigenvalue weighted by atomic mass is 10.2. The number of aromatic nitrogens is 2. The fraction of sp³-hybridized carbons (Fsp3) is 0.267. The van der Waals surface area contributed by atoms with E-state index in [1.165, 1.54) is 0 Å². The van der Waals surface area contributed by atoms with Crippen molar-refractivity contribution in [3.05, 3.63) is 47.8 Å². The van der Waals surface area contributed by atoms with Crippen molar-refractivity contribution in [3.8, 4) is 11.4 Å². The Morgan fingerprint density at radius 2 is 2.26 bits per heavy atom. The lowest BCUT2D eigenvalue weighted by Gasteiger charge is -2.08. The van der Waals surface area contributed by atoms with Crippen LogP contribution in [0.1, 0.15) is 12.8 Å². The molecule has 1 heterocycles. The Morgan fingerprint density at radius 1 is 1.43 bits per heavy atom. The summed E-state index contributed by atoms with van der Waals surface area (Å²) in [5.41, 5.74) is 0.808. The van der Waals surface area contributed by atoms with Crippen LogP contribution in [0, 0.1) is 0 Å². The zero-order chi connectivity index (χ0) is 15.8. The lowest BCUT2D eigenvalue weighted by molar-refractivity contribution is 0.380. The smallest absolute Gasteiger partial charge is 0.248 e. The first-order valence-electron chi connectivity index (χ1n) is 6.94. The maximum atomic E-state index is 5.95. The van der Waals surface area contributed by atoms with Crippen molar-refractivity contribution in [3.63, 3.8) is 0 Å². The second kappa shape index (κ2) is 10.2. The number of rotatable bonds is 6.